The van der Waals surface area contributed by atoms with Gasteiger partial charge in [0.2, 0.25) is 6.29 Å². The number of rotatable bonds is 9. The molecule has 14 unspecified atom stereocenters. The molecule has 0 radical (unpaired) electrons. The summed E-state index contributed by atoms with van der Waals surface area (Å²) in [6.07, 6.45) is 2.83. The van der Waals surface area contributed by atoms with Gasteiger partial charge in [0.25, 0.3) is 0 Å². The van der Waals surface area contributed by atoms with Crippen LogP contribution in [0.4, 0.5) is 0 Å². The second kappa shape index (κ2) is 13.6. The molecule has 9 nitrogen and oxygen atoms in total. The van der Waals surface area contributed by atoms with Gasteiger partial charge in [-0.3, -0.25) is 0 Å². The SMILES string of the molecule is CCCCCC(C)C1CCC2CC3c4ccc(OC5OCC(OC6OCC(O)C(O)C6O)C(O)C5O)cc4CCC3CC21. The molecule has 1 aromatic carbocycles. The van der Waals surface area contributed by atoms with Crippen molar-refractivity contribution < 1.29 is 44.5 Å². The smallest absolute Gasteiger partial charge is 0.228 e. The molecule has 2 aliphatic heterocycles. The highest BCUT2D eigenvalue weighted by molar-refractivity contribution is 5.40. The summed E-state index contributed by atoms with van der Waals surface area (Å²) >= 11 is 0. The first-order valence-corrected chi connectivity index (χ1v) is 16.8. The number of fused-ring (bicyclic) bond motifs is 4. The Morgan fingerprint density at radius 1 is 0.860 bits per heavy atom. The molecule has 1 aromatic rings. The molecular formula is C34H52O9. The van der Waals surface area contributed by atoms with Crippen LogP contribution >= 0.6 is 0 Å². The fraction of sp³-hybridized carbons (Fsp3) is 0.824. The van der Waals surface area contributed by atoms with Gasteiger partial charge >= 0.3 is 0 Å². The van der Waals surface area contributed by atoms with Gasteiger partial charge in [-0.05, 0) is 97.3 Å². The molecule has 0 spiro atoms. The van der Waals surface area contributed by atoms with Crippen molar-refractivity contribution in [2.45, 2.75) is 133 Å². The van der Waals surface area contributed by atoms with E-state index >= 15 is 0 Å². The summed E-state index contributed by atoms with van der Waals surface area (Å²) in [6, 6.07) is 6.25. The maximum Gasteiger partial charge on any atom is 0.228 e. The maximum absolute atomic E-state index is 10.8. The number of aliphatic hydroxyl groups excluding tert-OH is 5. The highest BCUT2D eigenvalue weighted by Gasteiger charge is 2.48. The fourth-order valence-corrected chi connectivity index (χ4v) is 8.98. The Bertz CT molecular complexity index is 1070. The number of hydrogen-bond acceptors (Lipinski definition) is 9. The van der Waals surface area contributed by atoms with Gasteiger partial charge in [0.05, 0.1) is 13.2 Å². The van der Waals surface area contributed by atoms with Gasteiger partial charge < -0.3 is 44.5 Å². The van der Waals surface area contributed by atoms with Gasteiger partial charge in [0, 0.05) is 0 Å². The molecule has 3 aliphatic carbocycles. The molecule has 6 rings (SSSR count). The normalized spacial score (nSPS) is 43.4. The predicted octanol–water partition coefficient (Wildman–Crippen LogP) is 3.27. The second-order valence-electron chi connectivity index (χ2n) is 14.1. The number of aliphatic hydroxyl groups is 5. The molecule has 5 N–H and O–H groups in total. The van der Waals surface area contributed by atoms with Crippen LogP contribution in [0.1, 0.15) is 88.7 Å². The maximum atomic E-state index is 10.8. The van der Waals surface area contributed by atoms with Crippen molar-refractivity contribution >= 4 is 0 Å². The molecule has 2 saturated carbocycles. The van der Waals surface area contributed by atoms with Gasteiger partial charge in [-0.15, -0.1) is 0 Å². The third kappa shape index (κ3) is 6.52. The molecule has 0 aromatic heterocycles. The van der Waals surface area contributed by atoms with E-state index < -0.39 is 49.2 Å². The van der Waals surface area contributed by atoms with E-state index in [1.165, 1.54) is 68.9 Å². The molecule has 0 bridgehead atoms. The van der Waals surface area contributed by atoms with E-state index in [4.69, 9.17) is 18.9 Å². The molecule has 2 heterocycles. The monoisotopic (exact) mass is 604 g/mol. The lowest BCUT2D eigenvalue weighted by atomic mass is 9.60. The zero-order valence-corrected chi connectivity index (χ0v) is 25.7. The van der Waals surface area contributed by atoms with Gasteiger partial charge in [-0.1, -0.05) is 45.6 Å². The second-order valence-corrected chi connectivity index (χ2v) is 14.1. The largest absolute Gasteiger partial charge is 0.462 e. The van der Waals surface area contributed by atoms with E-state index in [1.54, 1.807) is 0 Å². The fourth-order valence-electron chi connectivity index (χ4n) is 8.98. The van der Waals surface area contributed by atoms with Crippen molar-refractivity contribution in [3.8, 4) is 5.75 Å². The summed E-state index contributed by atoms with van der Waals surface area (Å²) in [6.45, 7) is 4.47. The molecule has 9 heteroatoms. The summed E-state index contributed by atoms with van der Waals surface area (Å²) in [5, 5.41) is 51.2. The lowest BCUT2D eigenvalue weighted by Crippen LogP contribution is -2.60. The lowest BCUT2D eigenvalue weighted by Gasteiger charge is -2.45. The van der Waals surface area contributed by atoms with E-state index in [0.717, 1.165) is 36.0 Å². The molecule has 14 atom stereocenters. The first-order chi connectivity index (χ1) is 20.7. The Balaban J connectivity index is 1.04. The Morgan fingerprint density at radius 3 is 2.47 bits per heavy atom. The molecule has 4 fully saturated rings. The van der Waals surface area contributed by atoms with Crippen LogP contribution in [0.3, 0.4) is 0 Å². The van der Waals surface area contributed by atoms with Crippen LogP contribution in [0.2, 0.25) is 0 Å². The van der Waals surface area contributed by atoms with Crippen molar-refractivity contribution in [3.05, 3.63) is 29.3 Å². The molecule has 0 amide bonds. The van der Waals surface area contributed by atoms with Crippen molar-refractivity contribution in [1.29, 1.82) is 0 Å². The van der Waals surface area contributed by atoms with Crippen LogP contribution in [-0.4, -0.2) is 88.0 Å². The van der Waals surface area contributed by atoms with Crippen molar-refractivity contribution in [3.63, 3.8) is 0 Å². The number of aryl methyl sites for hydroxylation is 1. The van der Waals surface area contributed by atoms with E-state index in [1.807, 2.05) is 6.07 Å². The van der Waals surface area contributed by atoms with Gasteiger partial charge in [-0.25, -0.2) is 0 Å². The van der Waals surface area contributed by atoms with E-state index in [2.05, 4.69) is 26.0 Å². The average molecular weight is 605 g/mol. The molecule has 2 saturated heterocycles. The first kappa shape index (κ1) is 31.7. The highest BCUT2D eigenvalue weighted by Crippen LogP contribution is 2.57. The Labute approximate surface area is 255 Å². The van der Waals surface area contributed by atoms with Crippen molar-refractivity contribution in [2.24, 2.45) is 29.6 Å². The quantitative estimate of drug-likeness (QED) is 0.269. The lowest BCUT2D eigenvalue weighted by molar-refractivity contribution is -0.320. The third-order valence-corrected chi connectivity index (χ3v) is 11.5. The minimum atomic E-state index is -1.50. The van der Waals surface area contributed by atoms with E-state index in [-0.39, 0.29) is 13.2 Å². The van der Waals surface area contributed by atoms with Crippen molar-refractivity contribution in [2.75, 3.05) is 13.2 Å². The standard InChI is InChI=1S/C34H52O9/c1-3-4-5-6-18(2)23-11-9-21-15-26-20(14-25(21)23)8-7-19-13-22(10-12-24(19)26)42-33-32(39)30(37)28(17-41-33)43-34-31(38)29(36)27(35)16-40-34/h10,12-13,18,20-21,23,25-39H,3-9,11,14-17H2,1-2H3. The number of hydrogen-bond donors (Lipinski definition) is 5. The zero-order valence-electron chi connectivity index (χ0n) is 25.7. The van der Waals surface area contributed by atoms with Crippen LogP contribution in [0.5, 0.6) is 5.75 Å². The summed E-state index contributed by atoms with van der Waals surface area (Å²) in [5.41, 5.74) is 2.77. The number of ether oxygens (including phenoxy) is 4. The molecule has 43 heavy (non-hydrogen) atoms. The van der Waals surface area contributed by atoms with Crippen LogP contribution in [0.15, 0.2) is 18.2 Å². The summed E-state index contributed by atoms with van der Waals surface area (Å²) in [7, 11) is 0. The summed E-state index contributed by atoms with van der Waals surface area (Å²) in [4.78, 5) is 0. The van der Waals surface area contributed by atoms with Crippen LogP contribution in [-0.2, 0) is 20.6 Å². The number of unbranched alkanes of at least 4 members (excludes halogenated alkanes) is 2. The third-order valence-electron chi connectivity index (χ3n) is 11.5. The van der Waals surface area contributed by atoms with Gasteiger partial charge in [0.15, 0.2) is 6.29 Å². The van der Waals surface area contributed by atoms with E-state index in [0.29, 0.717) is 11.7 Å². The molecular weight excluding hydrogens is 552 g/mol. The Morgan fingerprint density at radius 2 is 1.65 bits per heavy atom. The zero-order chi connectivity index (χ0) is 30.2. The van der Waals surface area contributed by atoms with Gasteiger partial charge in [0.1, 0.15) is 42.4 Å². The summed E-state index contributed by atoms with van der Waals surface area (Å²) in [5.74, 6) is 5.47. The topological polar surface area (TPSA) is 138 Å². The van der Waals surface area contributed by atoms with Crippen LogP contribution < -0.4 is 4.74 Å². The number of benzene rings is 1. The summed E-state index contributed by atoms with van der Waals surface area (Å²) < 4.78 is 22.6. The first-order valence-electron chi connectivity index (χ1n) is 16.8. The van der Waals surface area contributed by atoms with Crippen LogP contribution in [0.25, 0.3) is 0 Å². The minimum absolute atomic E-state index is 0.108. The van der Waals surface area contributed by atoms with Crippen molar-refractivity contribution in [1.82, 2.24) is 0 Å². The minimum Gasteiger partial charge on any atom is -0.462 e. The van der Waals surface area contributed by atoms with Crippen LogP contribution in [0, 0.1) is 29.6 Å². The average Bonchev–Trinajstić information content (AvgIpc) is 3.42. The Kier molecular flexibility index (Phi) is 10.0. The Hall–Kier alpha value is -1.30. The highest BCUT2D eigenvalue weighted by atomic mass is 16.7. The molecule has 242 valence electrons. The molecule has 5 aliphatic rings. The van der Waals surface area contributed by atoms with E-state index in [9.17, 15) is 25.5 Å². The predicted molar refractivity (Wildman–Crippen MR) is 158 cm³/mol. The van der Waals surface area contributed by atoms with Gasteiger partial charge in [-0.2, -0.15) is 0 Å².